The lowest BCUT2D eigenvalue weighted by atomic mass is 9.99. The van der Waals surface area contributed by atoms with Gasteiger partial charge in [0.25, 0.3) is 5.69 Å². The normalized spacial score (nSPS) is 16.0. The van der Waals surface area contributed by atoms with Gasteiger partial charge in [-0.15, -0.1) is 0 Å². The molecule has 2 rings (SSSR count). The number of piperidine rings is 1. The van der Waals surface area contributed by atoms with Crippen molar-refractivity contribution in [2.24, 2.45) is 5.92 Å². The second-order valence-electron chi connectivity index (χ2n) is 6.11. The molecule has 9 heteroatoms. The number of carbonyl (C=O) groups excluding carboxylic acids is 1. The fourth-order valence-corrected chi connectivity index (χ4v) is 3.48. The van der Waals surface area contributed by atoms with Crippen LogP contribution in [0.1, 0.15) is 19.8 Å². The monoisotopic (exact) mass is 355 g/mol. The summed E-state index contributed by atoms with van der Waals surface area (Å²) in [5.74, 6) is 0.260. The van der Waals surface area contributed by atoms with Gasteiger partial charge < -0.3 is 4.90 Å². The second kappa shape index (κ2) is 7.16. The molecule has 8 nitrogen and oxygen atoms in total. The van der Waals surface area contributed by atoms with E-state index in [1.54, 1.807) is 4.90 Å². The summed E-state index contributed by atoms with van der Waals surface area (Å²) >= 11 is 0. The molecule has 1 aliphatic rings. The van der Waals surface area contributed by atoms with Gasteiger partial charge >= 0.3 is 0 Å². The fraction of sp³-hybridized carbons (Fsp3) is 0.533. The lowest BCUT2D eigenvalue weighted by Gasteiger charge is -2.32. The molecule has 24 heavy (non-hydrogen) atoms. The van der Waals surface area contributed by atoms with Gasteiger partial charge in [0.05, 0.1) is 16.9 Å². The molecule has 0 saturated carbocycles. The van der Waals surface area contributed by atoms with Crippen molar-refractivity contribution in [3.05, 3.63) is 34.4 Å². The number of nitro benzene ring substituents is 1. The molecule has 0 atom stereocenters. The zero-order valence-electron chi connectivity index (χ0n) is 13.7. The molecule has 1 aromatic rings. The van der Waals surface area contributed by atoms with E-state index in [1.165, 1.54) is 18.2 Å². The first kappa shape index (κ1) is 18.2. The number of non-ortho nitro benzene ring substituents is 1. The van der Waals surface area contributed by atoms with E-state index in [2.05, 4.69) is 6.92 Å². The van der Waals surface area contributed by atoms with Crippen molar-refractivity contribution in [1.82, 2.24) is 4.90 Å². The average molecular weight is 355 g/mol. The molecule has 0 unspecified atom stereocenters. The van der Waals surface area contributed by atoms with Crippen LogP contribution in [0, 0.1) is 16.0 Å². The number of nitro groups is 1. The highest BCUT2D eigenvalue weighted by molar-refractivity contribution is 7.92. The summed E-state index contributed by atoms with van der Waals surface area (Å²) in [5, 5.41) is 10.9. The van der Waals surface area contributed by atoms with Crippen LogP contribution in [0.4, 0.5) is 11.4 Å². The molecule has 0 bridgehead atoms. The third kappa shape index (κ3) is 4.44. The number of amides is 1. The van der Waals surface area contributed by atoms with Crippen LogP contribution in [0.3, 0.4) is 0 Å². The lowest BCUT2D eigenvalue weighted by molar-refractivity contribution is -0.384. The van der Waals surface area contributed by atoms with Gasteiger partial charge in [0.15, 0.2) is 0 Å². The first-order valence-electron chi connectivity index (χ1n) is 7.68. The van der Waals surface area contributed by atoms with E-state index >= 15 is 0 Å². The standard InChI is InChI=1S/C15H21N3O5S/c1-12-6-8-16(9-7-12)15(19)11-17(24(2,22)23)13-4-3-5-14(10-13)18(20)21/h3-5,10,12H,6-9,11H2,1-2H3. The number of carbonyl (C=O) groups is 1. The summed E-state index contributed by atoms with van der Waals surface area (Å²) in [5.41, 5.74) is -0.106. The Hall–Kier alpha value is -2.16. The summed E-state index contributed by atoms with van der Waals surface area (Å²) in [6.45, 7) is 2.97. The van der Waals surface area contributed by atoms with Gasteiger partial charge in [-0.05, 0) is 24.8 Å². The maximum atomic E-state index is 12.4. The van der Waals surface area contributed by atoms with Gasteiger partial charge in [-0.25, -0.2) is 8.42 Å². The predicted octanol–water partition coefficient (Wildman–Crippen LogP) is 1.62. The average Bonchev–Trinajstić information content (AvgIpc) is 2.52. The van der Waals surface area contributed by atoms with E-state index in [0.717, 1.165) is 29.5 Å². The Morgan fingerprint density at radius 1 is 1.38 bits per heavy atom. The maximum Gasteiger partial charge on any atom is 0.271 e. The van der Waals surface area contributed by atoms with Crippen LogP contribution < -0.4 is 4.31 Å². The molecule has 1 amide bonds. The van der Waals surface area contributed by atoms with Crippen molar-refractivity contribution in [2.75, 3.05) is 30.2 Å². The van der Waals surface area contributed by atoms with E-state index in [1.807, 2.05) is 0 Å². The second-order valence-corrected chi connectivity index (χ2v) is 8.02. The smallest absolute Gasteiger partial charge is 0.271 e. The number of hydrogen-bond donors (Lipinski definition) is 0. The Kier molecular flexibility index (Phi) is 5.43. The Labute approximate surface area is 141 Å². The van der Waals surface area contributed by atoms with Gasteiger partial charge in [0.2, 0.25) is 15.9 Å². The molecule has 0 aromatic heterocycles. The summed E-state index contributed by atoms with van der Waals surface area (Å²) in [7, 11) is -3.74. The third-order valence-corrected chi connectivity index (χ3v) is 5.28. The number of sulfonamides is 1. The Bertz CT molecular complexity index is 726. The number of likely N-dealkylation sites (tertiary alicyclic amines) is 1. The topological polar surface area (TPSA) is 101 Å². The zero-order chi connectivity index (χ0) is 17.9. The summed E-state index contributed by atoms with van der Waals surface area (Å²) in [4.78, 5) is 24.4. The van der Waals surface area contributed by atoms with E-state index in [-0.39, 0.29) is 23.8 Å². The van der Waals surface area contributed by atoms with Crippen LogP contribution in [0.15, 0.2) is 24.3 Å². The number of benzene rings is 1. The van der Waals surface area contributed by atoms with Crippen LogP contribution in [-0.2, 0) is 14.8 Å². The van der Waals surface area contributed by atoms with Crippen LogP contribution in [0.25, 0.3) is 0 Å². The van der Waals surface area contributed by atoms with E-state index in [9.17, 15) is 23.3 Å². The Morgan fingerprint density at radius 3 is 2.54 bits per heavy atom. The van der Waals surface area contributed by atoms with Crippen LogP contribution in [0.2, 0.25) is 0 Å². The molecule has 1 fully saturated rings. The van der Waals surface area contributed by atoms with Gasteiger partial charge in [-0.3, -0.25) is 19.2 Å². The molecule has 0 aliphatic carbocycles. The van der Waals surface area contributed by atoms with Crippen molar-refractivity contribution in [2.45, 2.75) is 19.8 Å². The molecule has 1 heterocycles. The maximum absolute atomic E-state index is 12.4. The van der Waals surface area contributed by atoms with Gasteiger partial charge in [0.1, 0.15) is 6.54 Å². The van der Waals surface area contributed by atoms with Crippen molar-refractivity contribution in [3.63, 3.8) is 0 Å². The molecule has 1 aliphatic heterocycles. The van der Waals surface area contributed by atoms with Gasteiger partial charge in [0, 0.05) is 25.2 Å². The number of rotatable bonds is 5. The largest absolute Gasteiger partial charge is 0.341 e. The summed E-state index contributed by atoms with van der Waals surface area (Å²) in [6.07, 6.45) is 2.76. The van der Waals surface area contributed by atoms with E-state index < -0.39 is 14.9 Å². The molecule has 0 spiro atoms. The number of anilines is 1. The minimum Gasteiger partial charge on any atom is -0.341 e. The SMILES string of the molecule is CC1CCN(C(=O)CN(c2cccc([N+](=O)[O-])c2)S(C)(=O)=O)CC1. The Balaban J connectivity index is 2.22. The van der Waals surface area contributed by atoms with E-state index in [0.29, 0.717) is 19.0 Å². The van der Waals surface area contributed by atoms with Crippen molar-refractivity contribution in [3.8, 4) is 0 Å². The first-order chi connectivity index (χ1) is 11.2. The van der Waals surface area contributed by atoms with Crippen molar-refractivity contribution < 1.29 is 18.1 Å². The minimum atomic E-state index is -3.74. The van der Waals surface area contributed by atoms with Crippen LogP contribution >= 0.6 is 0 Å². The molecular weight excluding hydrogens is 334 g/mol. The quantitative estimate of drug-likeness (QED) is 0.590. The molecule has 132 valence electrons. The van der Waals surface area contributed by atoms with Gasteiger partial charge in [-0.2, -0.15) is 0 Å². The summed E-state index contributed by atoms with van der Waals surface area (Å²) < 4.78 is 25.1. The highest BCUT2D eigenvalue weighted by atomic mass is 32.2. The highest BCUT2D eigenvalue weighted by Crippen LogP contribution is 2.24. The third-order valence-electron chi connectivity index (χ3n) is 4.14. The zero-order valence-corrected chi connectivity index (χ0v) is 14.5. The lowest BCUT2D eigenvalue weighted by Crippen LogP contribution is -2.45. The number of nitrogens with zero attached hydrogens (tertiary/aromatic N) is 3. The molecule has 1 aromatic carbocycles. The highest BCUT2D eigenvalue weighted by Gasteiger charge is 2.27. The van der Waals surface area contributed by atoms with Crippen molar-refractivity contribution in [1.29, 1.82) is 0 Å². The molecule has 0 radical (unpaired) electrons. The number of hydrogen-bond acceptors (Lipinski definition) is 5. The molecule has 1 saturated heterocycles. The van der Waals surface area contributed by atoms with Crippen molar-refractivity contribution >= 4 is 27.3 Å². The Morgan fingerprint density at radius 2 is 2.00 bits per heavy atom. The fourth-order valence-electron chi connectivity index (χ4n) is 2.64. The summed E-state index contributed by atoms with van der Waals surface area (Å²) in [6, 6.07) is 5.28. The first-order valence-corrected chi connectivity index (χ1v) is 9.53. The van der Waals surface area contributed by atoms with E-state index in [4.69, 9.17) is 0 Å². The predicted molar refractivity (Wildman–Crippen MR) is 90.3 cm³/mol. The van der Waals surface area contributed by atoms with Crippen LogP contribution in [0.5, 0.6) is 0 Å². The minimum absolute atomic E-state index is 0.116. The van der Waals surface area contributed by atoms with Gasteiger partial charge in [-0.1, -0.05) is 13.0 Å². The molecule has 0 N–H and O–H groups in total. The molecular formula is C15H21N3O5S. The van der Waals surface area contributed by atoms with Crippen LogP contribution in [-0.4, -0.2) is 50.0 Å².